The summed E-state index contributed by atoms with van der Waals surface area (Å²) in [6, 6.07) is 20.1. The zero-order valence-electron chi connectivity index (χ0n) is 14.7. The van der Waals surface area contributed by atoms with Crippen LogP contribution in [0.1, 0.15) is 5.69 Å². The summed E-state index contributed by atoms with van der Waals surface area (Å²) < 4.78 is 6.67. The summed E-state index contributed by atoms with van der Waals surface area (Å²) in [5, 5.41) is 7.75. The average molecular weight is 392 g/mol. The number of nitrogens with zero attached hydrogens (tertiary/aromatic N) is 3. The molecule has 140 valence electrons. The maximum atomic E-state index is 12.3. The number of fused-ring (bicyclic) bond motifs is 1. The van der Waals surface area contributed by atoms with Crippen LogP contribution in [0.5, 0.6) is 5.75 Å². The SMILES string of the molecule is O=C(COc1ccccc1)NCc1cc(=O)n2nc(-c3ccccc3)sc2n1. The molecule has 0 radical (unpaired) electrons. The number of nitrogens with one attached hydrogen (secondary N) is 1. The summed E-state index contributed by atoms with van der Waals surface area (Å²) >= 11 is 1.32. The number of hydrogen-bond donors (Lipinski definition) is 1. The molecular weight excluding hydrogens is 376 g/mol. The molecule has 4 aromatic rings. The zero-order valence-corrected chi connectivity index (χ0v) is 15.6. The van der Waals surface area contributed by atoms with E-state index in [0.717, 1.165) is 5.56 Å². The van der Waals surface area contributed by atoms with Gasteiger partial charge in [0.2, 0.25) is 4.96 Å². The average Bonchev–Trinajstić information content (AvgIpc) is 3.17. The highest BCUT2D eigenvalue weighted by Crippen LogP contribution is 2.23. The third kappa shape index (κ3) is 4.07. The Morgan fingerprint density at radius 1 is 1.07 bits per heavy atom. The first kappa shape index (κ1) is 17.9. The molecule has 0 aliphatic rings. The third-order valence-corrected chi connectivity index (χ3v) is 4.86. The highest BCUT2D eigenvalue weighted by Gasteiger charge is 2.11. The largest absolute Gasteiger partial charge is 0.484 e. The van der Waals surface area contributed by atoms with Crippen molar-refractivity contribution in [2.45, 2.75) is 6.54 Å². The Bertz CT molecular complexity index is 1160. The Kier molecular flexibility index (Phi) is 5.11. The number of carbonyl (C=O) groups is 1. The second kappa shape index (κ2) is 8.01. The summed E-state index contributed by atoms with van der Waals surface area (Å²) in [6.45, 7) is 0.0330. The van der Waals surface area contributed by atoms with E-state index in [1.54, 1.807) is 12.1 Å². The van der Waals surface area contributed by atoms with Gasteiger partial charge in [-0.05, 0) is 12.1 Å². The normalized spacial score (nSPS) is 10.7. The molecule has 0 aliphatic heterocycles. The highest BCUT2D eigenvalue weighted by molar-refractivity contribution is 7.19. The van der Waals surface area contributed by atoms with Crippen LogP contribution in [0.3, 0.4) is 0 Å². The van der Waals surface area contributed by atoms with Gasteiger partial charge in [0.05, 0.1) is 12.2 Å². The van der Waals surface area contributed by atoms with Gasteiger partial charge in [0.15, 0.2) is 6.61 Å². The van der Waals surface area contributed by atoms with Crippen LogP contribution < -0.4 is 15.6 Å². The van der Waals surface area contributed by atoms with Crippen molar-refractivity contribution in [1.29, 1.82) is 0 Å². The number of carbonyl (C=O) groups excluding carboxylic acids is 1. The Hall–Kier alpha value is -3.52. The van der Waals surface area contributed by atoms with Crippen LogP contribution >= 0.6 is 11.3 Å². The van der Waals surface area contributed by atoms with Crippen molar-refractivity contribution in [1.82, 2.24) is 19.9 Å². The van der Waals surface area contributed by atoms with Gasteiger partial charge in [0.1, 0.15) is 10.8 Å². The van der Waals surface area contributed by atoms with Crippen molar-refractivity contribution in [2.24, 2.45) is 0 Å². The molecule has 7 nitrogen and oxygen atoms in total. The first-order chi connectivity index (χ1) is 13.7. The second-order valence-corrected chi connectivity index (χ2v) is 6.89. The van der Waals surface area contributed by atoms with Crippen molar-refractivity contribution in [3.05, 3.63) is 82.8 Å². The van der Waals surface area contributed by atoms with Crippen molar-refractivity contribution < 1.29 is 9.53 Å². The minimum absolute atomic E-state index is 0.107. The van der Waals surface area contributed by atoms with Crippen molar-refractivity contribution in [2.75, 3.05) is 6.61 Å². The third-order valence-electron chi connectivity index (χ3n) is 3.90. The molecule has 4 rings (SSSR count). The molecule has 2 aromatic heterocycles. The lowest BCUT2D eigenvalue weighted by Gasteiger charge is -2.07. The van der Waals surface area contributed by atoms with Crippen LogP contribution in [0.15, 0.2) is 71.5 Å². The van der Waals surface area contributed by atoms with Gasteiger partial charge in [0, 0.05) is 11.6 Å². The molecule has 2 aromatic carbocycles. The number of rotatable bonds is 6. The van der Waals surface area contributed by atoms with Crippen LogP contribution in [0.2, 0.25) is 0 Å². The van der Waals surface area contributed by atoms with Gasteiger partial charge in [-0.15, -0.1) is 0 Å². The lowest BCUT2D eigenvalue weighted by Crippen LogP contribution is -2.29. The maximum absolute atomic E-state index is 12.3. The lowest BCUT2D eigenvalue weighted by atomic mass is 10.2. The minimum Gasteiger partial charge on any atom is -0.484 e. The van der Waals surface area contributed by atoms with Gasteiger partial charge in [-0.3, -0.25) is 9.59 Å². The second-order valence-electron chi connectivity index (χ2n) is 5.93. The number of para-hydroxylation sites is 1. The predicted octanol–water partition coefficient (Wildman–Crippen LogP) is 2.51. The quantitative estimate of drug-likeness (QED) is 0.545. The molecule has 0 atom stereocenters. The molecule has 0 saturated heterocycles. The van der Waals surface area contributed by atoms with Crippen molar-refractivity contribution >= 4 is 22.2 Å². The summed E-state index contributed by atoms with van der Waals surface area (Å²) in [5.74, 6) is 0.327. The molecule has 0 aliphatic carbocycles. The van der Waals surface area contributed by atoms with Gasteiger partial charge in [0.25, 0.3) is 11.5 Å². The molecular formula is C20H16N4O3S. The number of aromatic nitrogens is 3. The van der Waals surface area contributed by atoms with Gasteiger partial charge in [-0.2, -0.15) is 9.61 Å². The molecule has 0 unspecified atom stereocenters. The standard InChI is InChI=1S/C20H16N4O3S/c25-17(13-27-16-9-5-2-6-10-16)21-12-15-11-18(26)24-20(22-15)28-19(23-24)14-7-3-1-4-8-14/h1-11H,12-13H2,(H,21,25). The first-order valence-electron chi connectivity index (χ1n) is 8.59. The fourth-order valence-electron chi connectivity index (χ4n) is 2.55. The molecule has 1 amide bonds. The predicted molar refractivity (Wildman–Crippen MR) is 106 cm³/mol. The summed E-state index contributed by atoms with van der Waals surface area (Å²) in [7, 11) is 0. The number of amides is 1. The van der Waals surface area contributed by atoms with E-state index in [1.807, 2.05) is 48.5 Å². The van der Waals surface area contributed by atoms with E-state index in [9.17, 15) is 9.59 Å². The maximum Gasteiger partial charge on any atom is 0.275 e. The van der Waals surface area contributed by atoms with Crippen LogP contribution in [0.4, 0.5) is 0 Å². The zero-order chi connectivity index (χ0) is 19.3. The molecule has 0 spiro atoms. The van der Waals surface area contributed by atoms with Gasteiger partial charge in [-0.25, -0.2) is 4.98 Å². The van der Waals surface area contributed by atoms with E-state index in [4.69, 9.17) is 4.74 Å². The molecule has 0 bridgehead atoms. The van der Waals surface area contributed by atoms with E-state index in [1.165, 1.54) is 21.9 Å². The Balaban J connectivity index is 1.44. The number of ether oxygens (including phenoxy) is 1. The fraction of sp³-hybridized carbons (Fsp3) is 0.100. The fourth-order valence-corrected chi connectivity index (χ4v) is 3.48. The Labute approximate surface area is 164 Å². The van der Waals surface area contributed by atoms with Crippen LogP contribution in [0.25, 0.3) is 15.5 Å². The number of benzene rings is 2. The van der Waals surface area contributed by atoms with E-state index < -0.39 is 0 Å². The monoisotopic (exact) mass is 392 g/mol. The molecule has 8 heteroatoms. The molecule has 28 heavy (non-hydrogen) atoms. The molecule has 0 saturated carbocycles. The number of hydrogen-bond acceptors (Lipinski definition) is 6. The van der Waals surface area contributed by atoms with E-state index in [2.05, 4.69) is 15.4 Å². The van der Waals surface area contributed by atoms with Crippen LogP contribution in [0, 0.1) is 0 Å². The summed E-state index contributed by atoms with van der Waals surface area (Å²) in [6.07, 6.45) is 0. The Morgan fingerprint density at radius 2 is 1.79 bits per heavy atom. The highest BCUT2D eigenvalue weighted by atomic mass is 32.1. The van der Waals surface area contributed by atoms with Crippen molar-refractivity contribution in [3.8, 4) is 16.3 Å². The topological polar surface area (TPSA) is 85.6 Å². The summed E-state index contributed by atoms with van der Waals surface area (Å²) in [4.78, 5) is 29.2. The van der Waals surface area contributed by atoms with E-state index in [0.29, 0.717) is 21.4 Å². The van der Waals surface area contributed by atoms with E-state index in [-0.39, 0.29) is 24.6 Å². The molecule has 2 heterocycles. The van der Waals surface area contributed by atoms with Crippen LogP contribution in [-0.4, -0.2) is 27.1 Å². The summed E-state index contributed by atoms with van der Waals surface area (Å²) in [5.41, 5.74) is 1.11. The smallest absolute Gasteiger partial charge is 0.275 e. The van der Waals surface area contributed by atoms with Crippen LogP contribution in [-0.2, 0) is 11.3 Å². The Morgan fingerprint density at radius 3 is 2.54 bits per heavy atom. The lowest BCUT2D eigenvalue weighted by molar-refractivity contribution is -0.123. The molecule has 1 N–H and O–H groups in total. The van der Waals surface area contributed by atoms with Gasteiger partial charge < -0.3 is 10.1 Å². The van der Waals surface area contributed by atoms with E-state index >= 15 is 0 Å². The van der Waals surface area contributed by atoms with Crippen molar-refractivity contribution in [3.63, 3.8) is 0 Å². The van der Waals surface area contributed by atoms with Gasteiger partial charge >= 0.3 is 0 Å². The first-order valence-corrected chi connectivity index (χ1v) is 9.40. The van der Waals surface area contributed by atoms with Gasteiger partial charge in [-0.1, -0.05) is 59.9 Å². The minimum atomic E-state index is -0.292. The molecule has 0 fully saturated rings.